The Hall–Kier alpha value is -0.400. The highest BCUT2D eigenvalue weighted by molar-refractivity contribution is 5.85. The van der Waals surface area contributed by atoms with Crippen LogP contribution in [-0.4, -0.2) is 69.1 Å². The minimum atomic E-state index is -0.401. The minimum Gasteiger partial charge on any atom is -0.381 e. The molecule has 0 radical (unpaired) electrons. The molecule has 3 aliphatic rings. The lowest BCUT2D eigenvalue weighted by molar-refractivity contribution is -0.150. The van der Waals surface area contributed by atoms with Gasteiger partial charge in [-0.25, -0.2) is 0 Å². The van der Waals surface area contributed by atoms with Crippen molar-refractivity contribution in [3.8, 4) is 0 Å². The molecule has 3 rings (SSSR count). The molecule has 0 aliphatic carbocycles. The maximum atomic E-state index is 12.9. The van der Waals surface area contributed by atoms with Crippen LogP contribution >= 0.6 is 12.4 Å². The van der Waals surface area contributed by atoms with Crippen LogP contribution in [0.5, 0.6) is 0 Å². The molecule has 1 unspecified atom stereocenters. The van der Waals surface area contributed by atoms with E-state index >= 15 is 0 Å². The molecule has 146 valence electrons. The fraction of sp³-hybridized carbons (Fsp3) is 0.944. The van der Waals surface area contributed by atoms with Gasteiger partial charge in [-0.1, -0.05) is 0 Å². The second kappa shape index (κ2) is 10.1. The van der Waals surface area contributed by atoms with Crippen LogP contribution in [0.1, 0.15) is 44.9 Å². The number of hydrogen-bond donors (Lipinski definition) is 1. The van der Waals surface area contributed by atoms with Crippen LogP contribution in [0.2, 0.25) is 0 Å². The van der Waals surface area contributed by atoms with Gasteiger partial charge in [-0.05, 0) is 44.9 Å². The van der Waals surface area contributed by atoms with Gasteiger partial charge in [0.15, 0.2) is 0 Å². The molecule has 3 fully saturated rings. The molecule has 3 aliphatic heterocycles. The molecular formula is C18H33ClN2O4. The molecule has 0 spiro atoms. The van der Waals surface area contributed by atoms with E-state index in [1.807, 2.05) is 4.90 Å². The van der Waals surface area contributed by atoms with E-state index in [4.69, 9.17) is 19.9 Å². The number of nitrogens with two attached hydrogens (primary N) is 1. The van der Waals surface area contributed by atoms with Gasteiger partial charge in [0.25, 0.3) is 0 Å². The highest BCUT2D eigenvalue weighted by atomic mass is 35.5. The first kappa shape index (κ1) is 20.9. The summed E-state index contributed by atoms with van der Waals surface area (Å²) in [7, 11) is 0. The van der Waals surface area contributed by atoms with Crippen molar-refractivity contribution in [2.24, 2.45) is 11.1 Å². The summed E-state index contributed by atoms with van der Waals surface area (Å²) in [5.74, 6) is 0.224. The predicted molar refractivity (Wildman–Crippen MR) is 97.9 cm³/mol. The average molecular weight is 377 g/mol. The van der Waals surface area contributed by atoms with E-state index in [-0.39, 0.29) is 30.5 Å². The van der Waals surface area contributed by atoms with Gasteiger partial charge in [0.2, 0.25) is 5.91 Å². The van der Waals surface area contributed by atoms with Crippen LogP contribution in [0.15, 0.2) is 0 Å². The summed E-state index contributed by atoms with van der Waals surface area (Å²) in [6.07, 6.45) is 7.36. The first-order valence-electron chi connectivity index (χ1n) is 9.54. The predicted octanol–water partition coefficient (Wildman–Crippen LogP) is 1.74. The Bertz CT molecular complexity index is 404. The van der Waals surface area contributed by atoms with Gasteiger partial charge in [-0.3, -0.25) is 4.79 Å². The molecule has 3 heterocycles. The van der Waals surface area contributed by atoms with E-state index in [2.05, 4.69) is 0 Å². The number of nitrogens with zero attached hydrogens (tertiary/aromatic N) is 1. The number of ether oxygens (including phenoxy) is 3. The molecule has 0 aromatic heterocycles. The Morgan fingerprint density at radius 2 is 1.84 bits per heavy atom. The maximum Gasteiger partial charge on any atom is 0.230 e. The summed E-state index contributed by atoms with van der Waals surface area (Å²) in [6, 6.07) is 0. The normalized spacial score (nSPS) is 27.6. The van der Waals surface area contributed by atoms with Gasteiger partial charge in [0, 0.05) is 39.5 Å². The second-order valence-corrected chi connectivity index (χ2v) is 7.41. The van der Waals surface area contributed by atoms with Crippen molar-refractivity contribution in [3.05, 3.63) is 0 Å². The van der Waals surface area contributed by atoms with Crippen molar-refractivity contribution in [1.82, 2.24) is 4.90 Å². The third-order valence-corrected chi connectivity index (χ3v) is 5.82. The van der Waals surface area contributed by atoms with Gasteiger partial charge in [-0.15, -0.1) is 12.4 Å². The Labute approximate surface area is 157 Å². The SMILES string of the molecule is Cl.NCC1(C(=O)N2CCC(OCC3CCCCO3)CC2)CCOCC1. The topological polar surface area (TPSA) is 74.0 Å². The summed E-state index contributed by atoms with van der Waals surface area (Å²) in [6.45, 7) is 4.82. The van der Waals surface area contributed by atoms with Crippen LogP contribution < -0.4 is 5.73 Å². The fourth-order valence-electron chi connectivity index (χ4n) is 4.01. The molecular weight excluding hydrogens is 344 g/mol. The Morgan fingerprint density at radius 3 is 2.44 bits per heavy atom. The number of rotatable bonds is 5. The van der Waals surface area contributed by atoms with Crippen molar-refractivity contribution < 1.29 is 19.0 Å². The lowest BCUT2D eigenvalue weighted by Gasteiger charge is -2.41. The molecule has 0 bridgehead atoms. The van der Waals surface area contributed by atoms with Crippen molar-refractivity contribution in [2.45, 2.75) is 57.2 Å². The summed E-state index contributed by atoms with van der Waals surface area (Å²) in [5.41, 5.74) is 5.56. The van der Waals surface area contributed by atoms with Gasteiger partial charge < -0.3 is 24.8 Å². The summed E-state index contributed by atoms with van der Waals surface area (Å²) >= 11 is 0. The lowest BCUT2D eigenvalue weighted by Crippen LogP contribution is -2.53. The van der Waals surface area contributed by atoms with E-state index in [1.165, 1.54) is 12.8 Å². The standard InChI is InChI=1S/C18H32N2O4.ClH/c19-14-18(6-11-22-12-7-18)17(21)20-8-4-15(5-9-20)24-13-16-3-1-2-10-23-16;/h15-16H,1-14,19H2;1H. The molecule has 7 heteroatoms. The largest absolute Gasteiger partial charge is 0.381 e. The lowest BCUT2D eigenvalue weighted by atomic mass is 9.78. The number of halogens is 1. The highest BCUT2D eigenvalue weighted by Crippen LogP contribution is 2.33. The van der Waals surface area contributed by atoms with Crippen molar-refractivity contribution >= 4 is 18.3 Å². The number of amides is 1. The summed E-state index contributed by atoms with van der Waals surface area (Å²) in [4.78, 5) is 14.9. The molecule has 0 aromatic rings. The zero-order valence-electron chi connectivity index (χ0n) is 15.1. The summed E-state index contributed by atoms with van der Waals surface area (Å²) in [5, 5.41) is 0. The minimum absolute atomic E-state index is 0. The third-order valence-electron chi connectivity index (χ3n) is 5.82. The molecule has 0 saturated carbocycles. The smallest absolute Gasteiger partial charge is 0.230 e. The molecule has 1 amide bonds. The number of carbonyl (C=O) groups is 1. The van der Waals surface area contributed by atoms with Crippen molar-refractivity contribution in [1.29, 1.82) is 0 Å². The third kappa shape index (κ3) is 5.30. The first-order valence-corrected chi connectivity index (χ1v) is 9.54. The Balaban J connectivity index is 0.00000225. The molecule has 3 saturated heterocycles. The molecule has 25 heavy (non-hydrogen) atoms. The monoisotopic (exact) mass is 376 g/mol. The van der Waals surface area contributed by atoms with E-state index in [0.717, 1.165) is 51.8 Å². The van der Waals surface area contributed by atoms with E-state index in [0.29, 0.717) is 26.4 Å². The van der Waals surface area contributed by atoms with Crippen molar-refractivity contribution in [2.75, 3.05) is 46.1 Å². The summed E-state index contributed by atoms with van der Waals surface area (Å²) < 4.78 is 17.2. The van der Waals surface area contributed by atoms with Gasteiger partial charge >= 0.3 is 0 Å². The zero-order chi connectivity index (χ0) is 16.8. The van der Waals surface area contributed by atoms with E-state index < -0.39 is 5.41 Å². The highest BCUT2D eigenvalue weighted by Gasteiger charge is 2.42. The van der Waals surface area contributed by atoms with Crippen LogP contribution in [0, 0.1) is 5.41 Å². The Morgan fingerprint density at radius 1 is 1.12 bits per heavy atom. The number of likely N-dealkylation sites (tertiary alicyclic amines) is 1. The first-order chi connectivity index (χ1) is 11.7. The fourth-order valence-corrected chi connectivity index (χ4v) is 4.01. The van der Waals surface area contributed by atoms with E-state index in [1.54, 1.807) is 0 Å². The van der Waals surface area contributed by atoms with Gasteiger partial charge in [-0.2, -0.15) is 0 Å². The molecule has 0 aromatic carbocycles. The quantitative estimate of drug-likeness (QED) is 0.791. The van der Waals surface area contributed by atoms with Crippen LogP contribution in [0.3, 0.4) is 0 Å². The molecule has 1 atom stereocenters. The van der Waals surface area contributed by atoms with Gasteiger partial charge in [0.05, 0.1) is 24.2 Å². The van der Waals surface area contributed by atoms with Crippen molar-refractivity contribution in [3.63, 3.8) is 0 Å². The van der Waals surface area contributed by atoms with Gasteiger partial charge in [0.1, 0.15) is 0 Å². The molecule has 2 N–H and O–H groups in total. The van der Waals surface area contributed by atoms with Crippen LogP contribution in [-0.2, 0) is 19.0 Å². The van der Waals surface area contributed by atoms with Crippen LogP contribution in [0.4, 0.5) is 0 Å². The maximum absolute atomic E-state index is 12.9. The number of carbonyl (C=O) groups excluding carboxylic acids is 1. The van der Waals surface area contributed by atoms with E-state index in [9.17, 15) is 4.79 Å². The average Bonchev–Trinajstić information content (AvgIpc) is 2.67. The second-order valence-electron chi connectivity index (χ2n) is 7.41. The number of hydrogen-bond acceptors (Lipinski definition) is 5. The van der Waals surface area contributed by atoms with Crippen LogP contribution in [0.25, 0.3) is 0 Å². The zero-order valence-corrected chi connectivity index (χ0v) is 15.9. The molecule has 6 nitrogen and oxygen atoms in total. The Kier molecular flexibility index (Phi) is 8.42. The number of piperidine rings is 1.